The molecule has 3 aromatic rings. The van der Waals surface area contributed by atoms with Gasteiger partial charge in [0.1, 0.15) is 11.6 Å². The maximum absolute atomic E-state index is 13.5. The highest BCUT2D eigenvalue weighted by Crippen LogP contribution is 2.29. The summed E-state index contributed by atoms with van der Waals surface area (Å²) in [5.74, 6) is 2.02. The lowest BCUT2D eigenvalue weighted by Crippen LogP contribution is -2.51. The van der Waals surface area contributed by atoms with Gasteiger partial charge in [-0.2, -0.15) is 0 Å². The maximum atomic E-state index is 13.5. The highest BCUT2D eigenvalue weighted by atomic mass is 16.3. The quantitative estimate of drug-likeness (QED) is 0.624. The van der Waals surface area contributed by atoms with Crippen LogP contribution in [0.15, 0.2) is 53.4 Å². The lowest BCUT2D eigenvalue weighted by atomic mass is 9.97. The number of hydrogen-bond acceptors (Lipinski definition) is 6. The topological polar surface area (TPSA) is 71.3 Å². The van der Waals surface area contributed by atoms with Gasteiger partial charge in [-0.15, -0.1) is 0 Å². The number of aromatic nitrogens is 2. The predicted octanol–water partition coefficient (Wildman–Crippen LogP) is 4.10. The van der Waals surface area contributed by atoms with Gasteiger partial charge in [-0.25, -0.2) is 4.98 Å². The average molecular weight is 405 g/mol. The van der Waals surface area contributed by atoms with Gasteiger partial charge >= 0.3 is 0 Å². The van der Waals surface area contributed by atoms with Crippen molar-refractivity contribution in [3.8, 4) is 11.3 Å². The Morgan fingerprint density at radius 2 is 2.13 bits per heavy atom. The molecule has 6 heteroatoms. The van der Waals surface area contributed by atoms with Gasteiger partial charge in [-0.1, -0.05) is 13.8 Å². The van der Waals surface area contributed by atoms with Crippen LogP contribution in [0.4, 0.5) is 5.82 Å². The second kappa shape index (κ2) is 8.79. The van der Waals surface area contributed by atoms with E-state index < -0.39 is 0 Å². The van der Waals surface area contributed by atoms with Gasteiger partial charge in [0, 0.05) is 60.5 Å². The van der Waals surface area contributed by atoms with E-state index in [1.165, 1.54) is 0 Å². The van der Waals surface area contributed by atoms with Crippen LogP contribution in [0.3, 0.4) is 0 Å². The first kappa shape index (κ1) is 20.3. The molecule has 0 radical (unpaired) electrons. The normalized spacial score (nSPS) is 16.8. The Bertz CT molecular complexity index is 1010. The minimum atomic E-state index is -0.0653. The number of hydrogen-bond donors (Lipinski definition) is 1. The molecule has 0 amide bonds. The van der Waals surface area contributed by atoms with Crippen LogP contribution in [0.2, 0.25) is 0 Å². The summed E-state index contributed by atoms with van der Waals surface area (Å²) in [6.45, 7) is 8.98. The summed E-state index contributed by atoms with van der Waals surface area (Å²) in [7, 11) is 0. The first-order chi connectivity index (χ1) is 14.5. The van der Waals surface area contributed by atoms with E-state index in [1.54, 1.807) is 24.7 Å². The summed E-state index contributed by atoms with van der Waals surface area (Å²) in [4.78, 5) is 24.7. The summed E-state index contributed by atoms with van der Waals surface area (Å²) < 4.78 is 5.59. The van der Waals surface area contributed by atoms with Crippen molar-refractivity contribution in [2.75, 3.05) is 24.5 Å². The molecule has 3 aromatic heterocycles. The van der Waals surface area contributed by atoms with Gasteiger partial charge in [0.05, 0.1) is 6.26 Å². The summed E-state index contributed by atoms with van der Waals surface area (Å²) in [5.41, 5.74) is 2.60. The van der Waals surface area contributed by atoms with E-state index in [9.17, 15) is 4.79 Å². The van der Waals surface area contributed by atoms with Gasteiger partial charge < -0.3 is 14.6 Å². The van der Waals surface area contributed by atoms with Crippen molar-refractivity contribution in [3.05, 3.63) is 65.8 Å². The molecule has 1 aliphatic rings. The molecule has 0 spiro atoms. The molecule has 0 aromatic carbocycles. The van der Waals surface area contributed by atoms with E-state index in [2.05, 4.69) is 29.0 Å². The number of nitrogens with zero attached hydrogens (tertiary/aromatic N) is 3. The Balaban J connectivity index is 1.72. The van der Waals surface area contributed by atoms with Crippen molar-refractivity contribution < 1.29 is 9.21 Å². The molecular weight excluding hydrogens is 376 g/mol. The third-order valence-corrected chi connectivity index (χ3v) is 5.51. The van der Waals surface area contributed by atoms with Gasteiger partial charge in [0.25, 0.3) is 0 Å². The molecule has 0 aliphatic carbocycles. The van der Waals surface area contributed by atoms with Crippen molar-refractivity contribution in [3.63, 3.8) is 0 Å². The largest absolute Gasteiger partial charge is 0.464 e. The number of pyridine rings is 2. The van der Waals surface area contributed by atoms with Crippen molar-refractivity contribution in [1.82, 2.24) is 15.3 Å². The molecule has 4 heterocycles. The predicted molar refractivity (Wildman–Crippen MR) is 118 cm³/mol. The molecule has 1 N–H and O–H groups in total. The summed E-state index contributed by atoms with van der Waals surface area (Å²) >= 11 is 0. The number of carbonyl (C=O) groups is 1. The molecule has 1 atom stereocenters. The van der Waals surface area contributed by atoms with Crippen LogP contribution in [0.25, 0.3) is 11.3 Å². The molecule has 1 saturated heterocycles. The van der Waals surface area contributed by atoms with Crippen LogP contribution in [0, 0.1) is 12.8 Å². The average Bonchev–Trinajstić information content (AvgIpc) is 3.28. The molecular formula is C24H28N4O2. The molecule has 1 aliphatic heterocycles. The van der Waals surface area contributed by atoms with Crippen molar-refractivity contribution in [2.45, 2.75) is 33.2 Å². The van der Waals surface area contributed by atoms with E-state index in [0.29, 0.717) is 40.1 Å². The van der Waals surface area contributed by atoms with E-state index in [0.717, 1.165) is 31.9 Å². The SMILES string of the molecule is Cc1ncccc1C(=O)c1cc(N2CCN[C@@H](CC(C)C)C2)ncc1-c1ccco1. The molecule has 1 fully saturated rings. The van der Waals surface area contributed by atoms with Gasteiger partial charge in [-0.05, 0) is 49.6 Å². The second-order valence-electron chi connectivity index (χ2n) is 8.26. The minimum Gasteiger partial charge on any atom is -0.464 e. The smallest absolute Gasteiger partial charge is 0.195 e. The zero-order valence-corrected chi connectivity index (χ0v) is 17.8. The number of carbonyl (C=O) groups excluding carboxylic acids is 1. The molecule has 156 valence electrons. The van der Waals surface area contributed by atoms with Crippen LogP contribution >= 0.6 is 0 Å². The zero-order chi connectivity index (χ0) is 21.1. The van der Waals surface area contributed by atoms with Crippen LogP contribution in [0.1, 0.15) is 41.9 Å². The highest BCUT2D eigenvalue weighted by molar-refractivity contribution is 6.13. The third-order valence-electron chi connectivity index (χ3n) is 5.51. The van der Waals surface area contributed by atoms with Crippen molar-refractivity contribution >= 4 is 11.6 Å². The van der Waals surface area contributed by atoms with E-state index in [4.69, 9.17) is 9.40 Å². The molecule has 0 bridgehead atoms. The van der Waals surface area contributed by atoms with Gasteiger partial charge in [-0.3, -0.25) is 9.78 Å². The Kier molecular flexibility index (Phi) is 5.95. The fourth-order valence-corrected chi connectivity index (χ4v) is 4.06. The highest BCUT2D eigenvalue weighted by Gasteiger charge is 2.24. The number of anilines is 1. The van der Waals surface area contributed by atoms with E-state index in [-0.39, 0.29) is 5.78 Å². The van der Waals surface area contributed by atoms with Crippen molar-refractivity contribution in [1.29, 1.82) is 0 Å². The first-order valence-corrected chi connectivity index (χ1v) is 10.5. The lowest BCUT2D eigenvalue weighted by molar-refractivity contribution is 0.103. The number of aryl methyl sites for hydroxylation is 1. The molecule has 30 heavy (non-hydrogen) atoms. The molecule has 6 nitrogen and oxygen atoms in total. The molecule has 4 rings (SSSR count). The summed E-state index contributed by atoms with van der Waals surface area (Å²) in [6.07, 6.45) is 6.18. The van der Waals surface area contributed by atoms with Crippen LogP contribution < -0.4 is 10.2 Å². The summed E-state index contributed by atoms with van der Waals surface area (Å²) in [6, 6.07) is 9.61. The first-order valence-electron chi connectivity index (χ1n) is 10.5. The third kappa shape index (κ3) is 4.28. The standard InChI is InChI=1S/C24H28N4O2/c1-16(2)12-18-15-28(10-9-26-18)23-13-20(21(14-27-23)22-7-5-11-30-22)24(29)19-6-4-8-25-17(19)3/h4-8,11,13-14,16,18,26H,9-10,12,15H2,1-3H3/t18-/m0/s1. The van der Waals surface area contributed by atoms with E-state index in [1.807, 2.05) is 31.2 Å². The van der Waals surface area contributed by atoms with Crippen LogP contribution in [-0.2, 0) is 0 Å². The fourth-order valence-electron chi connectivity index (χ4n) is 4.06. The number of nitrogens with one attached hydrogen (secondary N) is 1. The van der Waals surface area contributed by atoms with Crippen molar-refractivity contribution in [2.24, 2.45) is 5.92 Å². The number of piperazine rings is 1. The number of furan rings is 1. The maximum Gasteiger partial charge on any atom is 0.195 e. The monoisotopic (exact) mass is 404 g/mol. The molecule has 0 unspecified atom stereocenters. The van der Waals surface area contributed by atoms with Crippen LogP contribution in [0.5, 0.6) is 0 Å². The lowest BCUT2D eigenvalue weighted by Gasteiger charge is -2.35. The number of rotatable bonds is 6. The van der Waals surface area contributed by atoms with Crippen LogP contribution in [-0.4, -0.2) is 41.4 Å². The van der Waals surface area contributed by atoms with Gasteiger partial charge in [0.2, 0.25) is 0 Å². The Morgan fingerprint density at radius 1 is 1.27 bits per heavy atom. The Hall–Kier alpha value is -2.99. The molecule has 0 saturated carbocycles. The Morgan fingerprint density at radius 3 is 2.87 bits per heavy atom. The fraction of sp³-hybridized carbons (Fsp3) is 0.375. The number of ketones is 1. The van der Waals surface area contributed by atoms with Gasteiger partial charge in [0.15, 0.2) is 5.78 Å². The summed E-state index contributed by atoms with van der Waals surface area (Å²) in [5, 5.41) is 3.59. The second-order valence-corrected chi connectivity index (χ2v) is 8.26. The minimum absolute atomic E-state index is 0.0653. The van der Waals surface area contributed by atoms with E-state index >= 15 is 0 Å². The zero-order valence-electron chi connectivity index (χ0n) is 17.8. The Labute approximate surface area is 177 Å².